The average Bonchev–Trinajstić information content (AvgIpc) is 2.56. The Kier molecular flexibility index (Phi) is 3.89. The highest BCUT2D eigenvalue weighted by Gasteiger charge is 2.10. The average molecular weight is 223 g/mol. The number of terminal acetylenes is 1. The van der Waals surface area contributed by atoms with Gasteiger partial charge in [-0.25, -0.2) is 4.79 Å². The molecule has 0 aliphatic heterocycles. The summed E-state index contributed by atoms with van der Waals surface area (Å²) in [5.41, 5.74) is 1.000. The lowest BCUT2D eigenvalue weighted by atomic mass is 10.2. The first-order valence-corrected chi connectivity index (χ1v) is 5.38. The van der Waals surface area contributed by atoms with E-state index in [1.54, 1.807) is 6.07 Å². The number of aromatic carboxylic acids is 1. The van der Waals surface area contributed by atoms with E-state index in [-0.39, 0.29) is 6.04 Å². The second kappa shape index (κ2) is 4.96. The van der Waals surface area contributed by atoms with Crippen LogP contribution in [0, 0.1) is 19.3 Å². The molecule has 0 saturated heterocycles. The van der Waals surface area contributed by atoms with Gasteiger partial charge in [0, 0.05) is 11.4 Å². The first-order chi connectivity index (χ1) is 7.04. The summed E-state index contributed by atoms with van der Waals surface area (Å²) >= 11 is 1.29. The molecular formula is C11H13NO2S. The number of aryl methyl sites for hydroxylation is 1. The molecule has 4 heteroatoms. The van der Waals surface area contributed by atoms with Crippen LogP contribution in [-0.4, -0.2) is 17.1 Å². The third-order valence-electron chi connectivity index (χ3n) is 2.08. The van der Waals surface area contributed by atoms with E-state index in [0.717, 1.165) is 10.4 Å². The fraction of sp³-hybridized carbons (Fsp3) is 0.364. The van der Waals surface area contributed by atoms with E-state index >= 15 is 0 Å². The Hall–Kier alpha value is -1.31. The number of rotatable bonds is 4. The van der Waals surface area contributed by atoms with Crippen molar-refractivity contribution in [3.63, 3.8) is 0 Å². The summed E-state index contributed by atoms with van der Waals surface area (Å²) in [6.45, 7) is 4.41. The predicted octanol–water partition coefficient (Wildman–Crippen LogP) is 1.87. The highest BCUT2D eigenvalue weighted by atomic mass is 32.1. The molecule has 0 radical (unpaired) electrons. The van der Waals surface area contributed by atoms with Crippen molar-refractivity contribution < 1.29 is 9.90 Å². The van der Waals surface area contributed by atoms with E-state index in [4.69, 9.17) is 11.5 Å². The third-order valence-corrected chi connectivity index (χ3v) is 3.16. The van der Waals surface area contributed by atoms with Crippen LogP contribution in [0.4, 0.5) is 0 Å². The van der Waals surface area contributed by atoms with Gasteiger partial charge in [0.15, 0.2) is 0 Å². The SMILES string of the molecule is C#CC(C)NCc1cc(C(=O)O)sc1C. The van der Waals surface area contributed by atoms with E-state index in [1.165, 1.54) is 11.3 Å². The summed E-state index contributed by atoms with van der Waals surface area (Å²) in [7, 11) is 0. The molecule has 1 aromatic heterocycles. The van der Waals surface area contributed by atoms with Crippen LogP contribution in [0.25, 0.3) is 0 Å². The fourth-order valence-electron chi connectivity index (χ4n) is 1.12. The second-order valence-corrected chi connectivity index (χ2v) is 4.52. The zero-order valence-corrected chi connectivity index (χ0v) is 9.52. The first-order valence-electron chi connectivity index (χ1n) is 4.56. The van der Waals surface area contributed by atoms with Crippen LogP contribution in [0.2, 0.25) is 0 Å². The Morgan fingerprint density at radius 1 is 1.80 bits per heavy atom. The van der Waals surface area contributed by atoms with E-state index in [0.29, 0.717) is 11.4 Å². The van der Waals surface area contributed by atoms with Gasteiger partial charge in [0.05, 0.1) is 6.04 Å². The van der Waals surface area contributed by atoms with Gasteiger partial charge in [0.25, 0.3) is 0 Å². The minimum absolute atomic E-state index is 0.00224. The lowest BCUT2D eigenvalue weighted by Crippen LogP contribution is -2.23. The number of hydrogen-bond donors (Lipinski definition) is 2. The third kappa shape index (κ3) is 3.08. The molecule has 0 bridgehead atoms. The van der Waals surface area contributed by atoms with Gasteiger partial charge in [-0.05, 0) is 25.5 Å². The molecule has 1 heterocycles. The van der Waals surface area contributed by atoms with Crippen molar-refractivity contribution >= 4 is 17.3 Å². The molecule has 0 fully saturated rings. The van der Waals surface area contributed by atoms with Gasteiger partial charge in [0.2, 0.25) is 0 Å². The van der Waals surface area contributed by atoms with Crippen LogP contribution in [0.15, 0.2) is 6.07 Å². The normalized spacial score (nSPS) is 12.1. The van der Waals surface area contributed by atoms with Crippen molar-refractivity contribution in [1.82, 2.24) is 5.32 Å². The summed E-state index contributed by atoms with van der Waals surface area (Å²) in [4.78, 5) is 12.1. The zero-order valence-electron chi connectivity index (χ0n) is 8.70. The molecule has 2 N–H and O–H groups in total. The lowest BCUT2D eigenvalue weighted by molar-refractivity contribution is 0.0702. The molecule has 0 aromatic carbocycles. The molecule has 0 amide bonds. The van der Waals surface area contributed by atoms with Gasteiger partial charge in [-0.15, -0.1) is 17.8 Å². The number of hydrogen-bond acceptors (Lipinski definition) is 3. The van der Waals surface area contributed by atoms with Crippen molar-refractivity contribution in [2.75, 3.05) is 0 Å². The maximum Gasteiger partial charge on any atom is 0.345 e. The van der Waals surface area contributed by atoms with Crippen molar-refractivity contribution in [3.05, 3.63) is 21.4 Å². The van der Waals surface area contributed by atoms with E-state index in [1.807, 2.05) is 13.8 Å². The lowest BCUT2D eigenvalue weighted by Gasteiger charge is -2.06. The van der Waals surface area contributed by atoms with Gasteiger partial charge in [-0.1, -0.05) is 5.92 Å². The second-order valence-electron chi connectivity index (χ2n) is 3.27. The molecule has 1 atom stereocenters. The topological polar surface area (TPSA) is 49.3 Å². The van der Waals surface area contributed by atoms with Crippen molar-refractivity contribution in [3.8, 4) is 12.3 Å². The number of thiophene rings is 1. The molecule has 0 spiro atoms. The van der Waals surface area contributed by atoms with Gasteiger partial charge in [-0.2, -0.15) is 0 Å². The van der Waals surface area contributed by atoms with Crippen molar-refractivity contribution in [1.29, 1.82) is 0 Å². The van der Waals surface area contributed by atoms with Gasteiger partial charge in [0.1, 0.15) is 4.88 Å². The molecule has 3 nitrogen and oxygen atoms in total. The molecule has 0 aliphatic rings. The summed E-state index contributed by atoms with van der Waals surface area (Å²) in [5, 5.41) is 11.9. The molecule has 80 valence electrons. The Labute approximate surface area is 93.1 Å². The molecule has 0 saturated carbocycles. The minimum Gasteiger partial charge on any atom is -0.477 e. The monoisotopic (exact) mass is 223 g/mol. The summed E-state index contributed by atoms with van der Waals surface area (Å²) in [6, 6.07) is 1.69. The van der Waals surface area contributed by atoms with E-state index < -0.39 is 5.97 Å². The van der Waals surface area contributed by atoms with Crippen molar-refractivity contribution in [2.45, 2.75) is 26.4 Å². The van der Waals surface area contributed by atoms with Crippen LogP contribution >= 0.6 is 11.3 Å². The Morgan fingerprint density at radius 2 is 2.47 bits per heavy atom. The Morgan fingerprint density at radius 3 is 2.93 bits per heavy atom. The summed E-state index contributed by atoms with van der Waals surface area (Å²) in [5.74, 6) is 1.68. The summed E-state index contributed by atoms with van der Waals surface area (Å²) < 4.78 is 0. The molecule has 1 unspecified atom stereocenters. The van der Waals surface area contributed by atoms with Crippen LogP contribution < -0.4 is 5.32 Å². The van der Waals surface area contributed by atoms with E-state index in [9.17, 15) is 4.79 Å². The summed E-state index contributed by atoms with van der Waals surface area (Å²) in [6.07, 6.45) is 5.22. The first kappa shape index (κ1) is 11.8. The zero-order chi connectivity index (χ0) is 11.4. The molecule has 15 heavy (non-hydrogen) atoms. The highest BCUT2D eigenvalue weighted by molar-refractivity contribution is 7.14. The van der Waals surface area contributed by atoms with Crippen LogP contribution in [0.3, 0.4) is 0 Å². The van der Waals surface area contributed by atoms with Gasteiger partial charge < -0.3 is 5.11 Å². The smallest absolute Gasteiger partial charge is 0.345 e. The molecule has 1 rings (SSSR count). The minimum atomic E-state index is -0.876. The Bertz CT molecular complexity index is 403. The number of carboxylic acids is 1. The van der Waals surface area contributed by atoms with Crippen LogP contribution in [-0.2, 0) is 6.54 Å². The number of carbonyl (C=O) groups is 1. The largest absolute Gasteiger partial charge is 0.477 e. The molecule has 1 aromatic rings. The van der Waals surface area contributed by atoms with Crippen molar-refractivity contribution in [2.24, 2.45) is 0 Å². The van der Waals surface area contributed by atoms with Gasteiger partial charge in [-0.3, -0.25) is 5.32 Å². The quantitative estimate of drug-likeness (QED) is 0.766. The highest BCUT2D eigenvalue weighted by Crippen LogP contribution is 2.21. The van der Waals surface area contributed by atoms with Crippen LogP contribution in [0.5, 0.6) is 0 Å². The van der Waals surface area contributed by atoms with Crippen LogP contribution in [0.1, 0.15) is 27.0 Å². The fourth-order valence-corrected chi connectivity index (χ4v) is 2.00. The maximum absolute atomic E-state index is 10.7. The Balaban J connectivity index is 2.70. The number of carboxylic acid groups (broad SMARTS) is 1. The standard InChI is InChI=1S/C11H13NO2S/c1-4-7(2)12-6-9-5-10(11(13)14)15-8(9)3/h1,5,7,12H,6H2,2-3H3,(H,13,14). The number of nitrogens with one attached hydrogen (secondary N) is 1. The predicted molar refractivity (Wildman–Crippen MR) is 61.2 cm³/mol. The maximum atomic E-state index is 10.7. The van der Waals surface area contributed by atoms with E-state index in [2.05, 4.69) is 11.2 Å². The molecular weight excluding hydrogens is 210 g/mol. The van der Waals surface area contributed by atoms with Gasteiger partial charge >= 0.3 is 5.97 Å². The molecule has 0 aliphatic carbocycles.